The van der Waals surface area contributed by atoms with Gasteiger partial charge in [-0.25, -0.2) is 0 Å². The Bertz CT molecular complexity index is 355. The minimum absolute atomic E-state index is 0.178. The third-order valence-corrected chi connectivity index (χ3v) is 3.62. The van der Waals surface area contributed by atoms with Crippen LogP contribution in [0.3, 0.4) is 0 Å². The molecule has 1 rings (SSSR count). The number of hydrogen-bond acceptors (Lipinski definition) is 1. The van der Waals surface area contributed by atoms with Crippen LogP contribution in [0.2, 0.25) is 13.1 Å². The monoisotopic (exact) mass is 299 g/mol. The maximum atomic E-state index is 5.94. The molecule has 1 radical (unpaired) electrons. The number of benzene rings is 1. The maximum Gasteiger partial charge on any atom is 0.274 e. The van der Waals surface area contributed by atoms with Crippen LogP contribution in [0.1, 0.15) is 31.9 Å². The molecule has 89 valence electrons. The predicted octanol–water partition coefficient (Wildman–Crippen LogP) is 4.51. The molecular weight excluding hydrogens is 280 g/mol. The smallest absolute Gasteiger partial charge is 0.274 e. The van der Waals surface area contributed by atoms with Crippen molar-refractivity contribution in [3.63, 3.8) is 0 Å². The molecule has 0 saturated carbocycles. The van der Waals surface area contributed by atoms with Gasteiger partial charge in [-0.2, -0.15) is 0 Å². The van der Waals surface area contributed by atoms with Crippen LogP contribution < -0.4 is 4.43 Å². The van der Waals surface area contributed by atoms with E-state index < -0.39 is 9.04 Å². The van der Waals surface area contributed by atoms with Crippen molar-refractivity contribution in [2.75, 3.05) is 0 Å². The fraction of sp³-hybridized carbons (Fsp3) is 0.538. The van der Waals surface area contributed by atoms with E-state index in [0.29, 0.717) is 0 Å². The lowest BCUT2D eigenvalue weighted by molar-refractivity contribution is 0.556. The molecule has 3 heteroatoms. The summed E-state index contributed by atoms with van der Waals surface area (Å²) in [5.41, 5.74) is 2.74. The molecule has 0 fully saturated rings. The molecule has 1 nitrogen and oxygen atoms in total. The Balaban J connectivity index is 3.11. The van der Waals surface area contributed by atoms with E-state index in [1.807, 2.05) is 0 Å². The highest BCUT2D eigenvalue weighted by Gasteiger charge is 2.16. The van der Waals surface area contributed by atoms with E-state index in [2.05, 4.69) is 68.0 Å². The number of rotatable bonds is 3. The van der Waals surface area contributed by atoms with Gasteiger partial charge in [0.25, 0.3) is 9.04 Å². The van der Waals surface area contributed by atoms with Crippen LogP contribution in [0, 0.1) is 0 Å². The molecule has 0 aliphatic rings. The molecule has 0 amide bonds. The molecule has 0 atom stereocenters. The molecule has 0 bridgehead atoms. The second kappa shape index (κ2) is 5.37. The third-order valence-electron chi connectivity index (χ3n) is 2.39. The van der Waals surface area contributed by atoms with Crippen molar-refractivity contribution in [1.82, 2.24) is 0 Å². The van der Waals surface area contributed by atoms with Crippen molar-refractivity contribution >= 4 is 25.0 Å². The minimum Gasteiger partial charge on any atom is -0.542 e. The highest BCUT2D eigenvalue weighted by molar-refractivity contribution is 9.08. The summed E-state index contributed by atoms with van der Waals surface area (Å²) in [4.78, 5) is 0. The lowest BCUT2D eigenvalue weighted by Crippen LogP contribution is -2.15. The van der Waals surface area contributed by atoms with Crippen LogP contribution in [-0.2, 0) is 10.7 Å². The van der Waals surface area contributed by atoms with Crippen molar-refractivity contribution < 1.29 is 4.43 Å². The topological polar surface area (TPSA) is 9.23 Å². The van der Waals surface area contributed by atoms with Gasteiger partial charge >= 0.3 is 0 Å². The van der Waals surface area contributed by atoms with Crippen LogP contribution in [-0.4, -0.2) is 9.04 Å². The first-order valence-corrected chi connectivity index (χ1v) is 9.05. The quantitative estimate of drug-likeness (QED) is 0.589. The van der Waals surface area contributed by atoms with Crippen LogP contribution in [0.4, 0.5) is 0 Å². The Kier molecular flexibility index (Phi) is 4.62. The van der Waals surface area contributed by atoms with Crippen molar-refractivity contribution in [3.05, 3.63) is 29.3 Å². The summed E-state index contributed by atoms with van der Waals surface area (Å²) in [6.45, 7) is 11.0. The zero-order valence-corrected chi connectivity index (χ0v) is 13.3. The van der Waals surface area contributed by atoms with E-state index in [0.717, 1.165) is 11.1 Å². The van der Waals surface area contributed by atoms with Crippen molar-refractivity contribution in [3.8, 4) is 5.75 Å². The zero-order valence-electron chi connectivity index (χ0n) is 10.7. The average molecular weight is 300 g/mol. The molecule has 0 N–H and O–H groups in total. The van der Waals surface area contributed by atoms with Gasteiger partial charge < -0.3 is 4.43 Å². The van der Waals surface area contributed by atoms with Gasteiger partial charge in [0.15, 0.2) is 0 Å². The summed E-state index contributed by atoms with van der Waals surface area (Å²) in [5.74, 6) is 1.04. The van der Waals surface area contributed by atoms with Crippen LogP contribution >= 0.6 is 15.9 Å². The van der Waals surface area contributed by atoms with Crippen LogP contribution in [0.15, 0.2) is 18.2 Å². The van der Waals surface area contributed by atoms with Gasteiger partial charge in [0, 0.05) is 10.9 Å². The predicted molar refractivity (Wildman–Crippen MR) is 75.9 cm³/mol. The number of hydrogen-bond donors (Lipinski definition) is 0. The summed E-state index contributed by atoms with van der Waals surface area (Å²) >= 11 is 3.50. The summed E-state index contributed by atoms with van der Waals surface area (Å²) in [6.07, 6.45) is 0. The van der Waals surface area contributed by atoms with Crippen molar-refractivity contribution in [2.45, 2.75) is 44.6 Å². The van der Waals surface area contributed by atoms with Gasteiger partial charge in [-0.05, 0) is 30.1 Å². The molecule has 1 aromatic carbocycles. The minimum atomic E-state index is -0.701. The normalized spacial score (nSPS) is 11.9. The standard InChI is InChI=1S/C13H20BrOSi/c1-13(2,3)11-7-6-10(9-14)12(8-11)15-16(4)5/h6-8H,9H2,1-5H3. The lowest BCUT2D eigenvalue weighted by atomic mass is 9.86. The Labute approximate surface area is 109 Å². The first kappa shape index (κ1) is 13.8. The first-order valence-electron chi connectivity index (χ1n) is 5.52. The Morgan fingerprint density at radius 3 is 2.31 bits per heavy atom. The van der Waals surface area contributed by atoms with Gasteiger partial charge in [-0.15, -0.1) is 0 Å². The third kappa shape index (κ3) is 3.63. The fourth-order valence-electron chi connectivity index (χ4n) is 1.45. The van der Waals surface area contributed by atoms with Gasteiger partial charge in [-0.1, -0.05) is 48.8 Å². The molecule has 16 heavy (non-hydrogen) atoms. The molecule has 0 heterocycles. The maximum absolute atomic E-state index is 5.94. The van der Waals surface area contributed by atoms with E-state index in [4.69, 9.17) is 4.43 Å². The van der Waals surface area contributed by atoms with Crippen molar-refractivity contribution in [2.24, 2.45) is 0 Å². The molecule has 0 aliphatic heterocycles. The molecule has 0 saturated heterocycles. The average Bonchev–Trinajstić information content (AvgIpc) is 2.15. The zero-order chi connectivity index (χ0) is 12.3. The Morgan fingerprint density at radius 1 is 1.25 bits per heavy atom. The van der Waals surface area contributed by atoms with Gasteiger partial charge in [0.2, 0.25) is 0 Å². The summed E-state index contributed by atoms with van der Waals surface area (Å²) < 4.78 is 5.94. The van der Waals surface area contributed by atoms with Crippen LogP contribution in [0.25, 0.3) is 0 Å². The Morgan fingerprint density at radius 2 is 1.88 bits per heavy atom. The molecule has 0 spiro atoms. The van der Waals surface area contributed by atoms with E-state index in [1.54, 1.807) is 0 Å². The molecule has 0 unspecified atom stereocenters. The summed E-state index contributed by atoms with van der Waals surface area (Å²) in [6, 6.07) is 6.55. The SMILES string of the molecule is C[Si](C)Oc1cc(C(C)(C)C)ccc1CBr. The second-order valence-corrected chi connectivity index (χ2v) is 7.80. The highest BCUT2D eigenvalue weighted by atomic mass is 79.9. The largest absolute Gasteiger partial charge is 0.542 e. The lowest BCUT2D eigenvalue weighted by Gasteiger charge is -2.22. The number of alkyl halides is 1. The Hall–Kier alpha value is -0.283. The first-order chi connectivity index (χ1) is 7.34. The van der Waals surface area contributed by atoms with Crippen LogP contribution in [0.5, 0.6) is 5.75 Å². The van der Waals surface area contributed by atoms with Crippen molar-refractivity contribution in [1.29, 1.82) is 0 Å². The second-order valence-electron chi connectivity index (χ2n) is 5.22. The molecular formula is C13H20BrOSi. The molecule has 0 aliphatic carbocycles. The highest BCUT2D eigenvalue weighted by Crippen LogP contribution is 2.30. The van der Waals surface area contributed by atoms with E-state index in [1.165, 1.54) is 11.1 Å². The van der Waals surface area contributed by atoms with E-state index in [-0.39, 0.29) is 5.41 Å². The van der Waals surface area contributed by atoms with Gasteiger partial charge in [-0.3, -0.25) is 0 Å². The van der Waals surface area contributed by atoms with E-state index >= 15 is 0 Å². The summed E-state index contributed by atoms with van der Waals surface area (Å²) in [7, 11) is -0.701. The number of halogens is 1. The van der Waals surface area contributed by atoms with Gasteiger partial charge in [0.05, 0.1) is 0 Å². The fourth-order valence-corrected chi connectivity index (χ4v) is 2.54. The molecule has 1 aromatic rings. The van der Waals surface area contributed by atoms with Gasteiger partial charge in [0.1, 0.15) is 5.75 Å². The molecule has 0 aromatic heterocycles. The summed E-state index contributed by atoms with van der Waals surface area (Å²) in [5, 5.41) is 0.849. The van der Waals surface area contributed by atoms with E-state index in [9.17, 15) is 0 Å².